The molecule has 0 aliphatic rings. The Labute approximate surface area is 141 Å². The number of hydrogen-bond donors (Lipinski definition) is 2. The Morgan fingerprint density at radius 2 is 2.08 bits per heavy atom. The Balaban J connectivity index is 1.96. The van der Waals surface area contributed by atoms with Crippen LogP contribution in [0.3, 0.4) is 0 Å². The SMILES string of the molecule is COc1ccc(C(O)CCC(=O)Nc2ncccc2C)c(OC)c1. The second-order valence-electron chi connectivity index (χ2n) is 5.38. The minimum absolute atomic E-state index is 0.173. The minimum atomic E-state index is -0.804. The zero-order chi connectivity index (χ0) is 17.5. The fourth-order valence-electron chi connectivity index (χ4n) is 2.33. The van der Waals surface area contributed by atoms with Crippen molar-refractivity contribution >= 4 is 11.7 Å². The number of nitrogens with one attached hydrogen (secondary N) is 1. The first-order chi connectivity index (χ1) is 11.5. The number of methoxy groups -OCH3 is 2. The number of aliphatic hydroxyl groups excluding tert-OH is 1. The molecule has 0 saturated heterocycles. The second-order valence-corrected chi connectivity index (χ2v) is 5.38. The van der Waals surface area contributed by atoms with Crippen molar-refractivity contribution in [1.29, 1.82) is 0 Å². The van der Waals surface area contributed by atoms with Gasteiger partial charge in [0.1, 0.15) is 17.3 Å². The Kier molecular flexibility index (Phi) is 6.14. The van der Waals surface area contributed by atoms with Crippen molar-refractivity contribution in [1.82, 2.24) is 4.98 Å². The quantitative estimate of drug-likeness (QED) is 0.816. The van der Waals surface area contributed by atoms with Gasteiger partial charge >= 0.3 is 0 Å². The van der Waals surface area contributed by atoms with E-state index in [1.54, 1.807) is 31.5 Å². The summed E-state index contributed by atoms with van der Waals surface area (Å²) in [6.07, 6.45) is 1.27. The van der Waals surface area contributed by atoms with Crippen LogP contribution < -0.4 is 14.8 Å². The third-order valence-corrected chi connectivity index (χ3v) is 3.71. The number of carbonyl (C=O) groups excluding carboxylic acids is 1. The van der Waals surface area contributed by atoms with Crippen LogP contribution in [-0.2, 0) is 4.79 Å². The summed E-state index contributed by atoms with van der Waals surface area (Å²) in [6, 6.07) is 8.88. The highest BCUT2D eigenvalue weighted by Gasteiger charge is 2.16. The molecule has 1 aromatic carbocycles. The molecular formula is C18H22N2O4. The predicted molar refractivity (Wildman–Crippen MR) is 91.3 cm³/mol. The lowest BCUT2D eigenvalue weighted by Crippen LogP contribution is -2.14. The van der Waals surface area contributed by atoms with E-state index in [1.807, 2.05) is 19.1 Å². The van der Waals surface area contributed by atoms with Gasteiger partial charge in [0.25, 0.3) is 0 Å². The molecular weight excluding hydrogens is 308 g/mol. The lowest BCUT2D eigenvalue weighted by atomic mass is 10.0. The normalized spacial score (nSPS) is 11.7. The maximum absolute atomic E-state index is 12.0. The lowest BCUT2D eigenvalue weighted by Gasteiger charge is -2.15. The second kappa shape index (κ2) is 8.31. The van der Waals surface area contributed by atoms with Gasteiger partial charge < -0.3 is 19.9 Å². The number of hydrogen-bond acceptors (Lipinski definition) is 5. The molecule has 128 valence electrons. The van der Waals surface area contributed by atoms with Crippen molar-refractivity contribution in [2.24, 2.45) is 0 Å². The van der Waals surface area contributed by atoms with Crippen molar-refractivity contribution in [3.05, 3.63) is 47.7 Å². The number of aliphatic hydroxyl groups is 1. The van der Waals surface area contributed by atoms with Crippen LogP contribution in [0.1, 0.15) is 30.1 Å². The number of pyridine rings is 1. The molecule has 2 N–H and O–H groups in total. The number of ether oxygens (including phenoxy) is 2. The average Bonchev–Trinajstić information content (AvgIpc) is 2.61. The average molecular weight is 330 g/mol. The van der Waals surface area contributed by atoms with E-state index in [1.165, 1.54) is 7.11 Å². The zero-order valence-corrected chi connectivity index (χ0v) is 14.1. The number of amides is 1. The summed E-state index contributed by atoms with van der Waals surface area (Å²) >= 11 is 0. The molecule has 6 nitrogen and oxygen atoms in total. The van der Waals surface area contributed by atoms with E-state index < -0.39 is 6.10 Å². The van der Waals surface area contributed by atoms with Gasteiger partial charge in [-0.3, -0.25) is 4.79 Å². The lowest BCUT2D eigenvalue weighted by molar-refractivity contribution is -0.116. The largest absolute Gasteiger partial charge is 0.497 e. The molecule has 2 rings (SSSR count). The number of anilines is 1. The molecule has 24 heavy (non-hydrogen) atoms. The Bertz CT molecular complexity index is 703. The summed E-state index contributed by atoms with van der Waals surface area (Å²) in [7, 11) is 3.09. The molecule has 0 bridgehead atoms. The number of nitrogens with zero attached hydrogens (tertiary/aromatic N) is 1. The van der Waals surface area contributed by atoms with Gasteiger partial charge in [0.05, 0.1) is 20.3 Å². The first-order valence-corrected chi connectivity index (χ1v) is 7.66. The van der Waals surface area contributed by atoms with Gasteiger partial charge in [-0.05, 0) is 37.1 Å². The predicted octanol–water partition coefficient (Wildman–Crippen LogP) is 2.86. The topological polar surface area (TPSA) is 80.7 Å². The van der Waals surface area contributed by atoms with Gasteiger partial charge in [-0.25, -0.2) is 4.98 Å². The van der Waals surface area contributed by atoms with Gasteiger partial charge in [-0.15, -0.1) is 0 Å². The number of carbonyl (C=O) groups is 1. The van der Waals surface area contributed by atoms with Crippen LogP contribution in [-0.4, -0.2) is 30.2 Å². The van der Waals surface area contributed by atoms with E-state index in [0.717, 1.165) is 5.56 Å². The van der Waals surface area contributed by atoms with Crippen molar-refractivity contribution in [2.75, 3.05) is 19.5 Å². The molecule has 0 aliphatic carbocycles. The summed E-state index contributed by atoms with van der Waals surface area (Å²) in [5.74, 6) is 1.52. The van der Waals surface area contributed by atoms with E-state index >= 15 is 0 Å². The van der Waals surface area contributed by atoms with E-state index in [9.17, 15) is 9.90 Å². The highest BCUT2D eigenvalue weighted by Crippen LogP contribution is 2.31. The van der Waals surface area contributed by atoms with E-state index in [0.29, 0.717) is 22.9 Å². The molecule has 0 saturated carbocycles. The number of aryl methyl sites for hydroxylation is 1. The first-order valence-electron chi connectivity index (χ1n) is 7.66. The molecule has 0 aliphatic heterocycles. The van der Waals surface area contributed by atoms with Gasteiger partial charge in [-0.2, -0.15) is 0 Å². The van der Waals surface area contributed by atoms with Crippen LogP contribution in [0.4, 0.5) is 5.82 Å². The molecule has 0 fully saturated rings. The van der Waals surface area contributed by atoms with Crippen molar-refractivity contribution in [3.8, 4) is 11.5 Å². The maximum atomic E-state index is 12.0. The fraction of sp³-hybridized carbons (Fsp3) is 0.333. The molecule has 1 atom stereocenters. The summed E-state index contributed by atoms with van der Waals surface area (Å²) in [5, 5.41) is 13.1. The molecule has 6 heteroatoms. The van der Waals surface area contributed by atoms with E-state index in [4.69, 9.17) is 9.47 Å². The summed E-state index contributed by atoms with van der Waals surface area (Å²) in [5.41, 5.74) is 1.52. The zero-order valence-electron chi connectivity index (χ0n) is 14.1. The van der Waals surface area contributed by atoms with Gasteiger partial charge in [0.2, 0.25) is 5.91 Å². The summed E-state index contributed by atoms with van der Waals surface area (Å²) < 4.78 is 10.4. The van der Waals surface area contributed by atoms with Crippen molar-refractivity contribution < 1.29 is 19.4 Å². The van der Waals surface area contributed by atoms with Gasteiger partial charge in [-0.1, -0.05) is 6.07 Å². The van der Waals surface area contributed by atoms with Crippen molar-refractivity contribution in [3.63, 3.8) is 0 Å². The highest BCUT2D eigenvalue weighted by molar-refractivity contribution is 5.90. The van der Waals surface area contributed by atoms with Crippen molar-refractivity contribution in [2.45, 2.75) is 25.9 Å². The Hall–Kier alpha value is -2.60. The molecule has 2 aromatic rings. The summed E-state index contributed by atoms with van der Waals surface area (Å²) in [4.78, 5) is 16.2. The standard InChI is InChI=1S/C18H22N2O4/c1-12-5-4-10-19-18(12)20-17(22)9-8-15(21)14-7-6-13(23-2)11-16(14)24-3/h4-7,10-11,15,21H,8-9H2,1-3H3,(H,19,20,22). The van der Waals surface area contributed by atoms with Gasteiger partial charge in [0, 0.05) is 24.2 Å². The smallest absolute Gasteiger partial charge is 0.225 e. The van der Waals surface area contributed by atoms with E-state index in [2.05, 4.69) is 10.3 Å². The highest BCUT2D eigenvalue weighted by atomic mass is 16.5. The number of benzene rings is 1. The molecule has 1 heterocycles. The Morgan fingerprint density at radius 3 is 2.75 bits per heavy atom. The first kappa shape index (κ1) is 17.7. The van der Waals surface area contributed by atoms with Crippen LogP contribution in [0.5, 0.6) is 11.5 Å². The molecule has 1 unspecified atom stereocenters. The third-order valence-electron chi connectivity index (χ3n) is 3.71. The third kappa shape index (κ3) is 4.45. The van der Waals surface area contributed by atoms with E-state index in [-0.39, 0.29) is 18.7 Å². The van der Waals surface area contributed by atoms with Gasteiger partial charge in [0.15, 0.2) is 0 Å². The molecule has 0 radical (unpaired) electrons. The molecule has 1 amide bonds. The number of aromatic nitrogens is 1. The number of rotatable bonds is 7. The van der Waals surface area contributed by atoms with Crippen LogP contribution in [0.15, 0.2) is 36.5 Å². The van der Waals surface area contributed by atoms with Crippen LogP contribution >= 0.6 is 0 Å². The van der Waals surface area contributed by atoms with Crippen LogP contribution in [0, 0.1) is 6.92 Å². The van der Waals surface area contributed by atoms with Crippen LogP contribution in [0.2, 0.25) is 0 Å². The fourth-order valence-corrected chi connectivity index (χ4v) is 2.33. The maximum Gasteiger partial charge on any atom is 0.225 e. The van der Waals surface area contributed by atoms with Crippen LogP contribution in [0.25, 0.3) is 0 Å². The summed E-state index contributed by atoms with van der Waals surface area (Å²) in [6.45, 7) is 1.87. The molecule has 0 spiro atoms. The Morgan fingerprint density at radius 1 is 1.29 bits per heavy atom. The molecule has 1 aromatic heterocycles. The minimum Gasteiger partial charge on any atom is -0.497 e. The monoisotopic (exact) mass is 330 g/mol.